The highest BCUT2D eigenvalue weighted by Gasteiger charge is 2.31. The third kappa shape index (κ3) is 21.3. The van der Waals surface area contributed by atoms with Gasteiger partial charge in [-0.25, -0.2) is 0 Å². The number of benzene rings is 6. The molecule has 1 N–H and O–H groups in total. The van der Waals surface area contributed by atoms with Crippen LogP contribution in [-0.2, 0) is 49.4 Å². The Morgan fingerprint density at radius 3 is 1.31 bits per heavy atom. The second-order valence-electron chi connectivity index (χ2n) is 21.7. The van der Waals surface area contributed by atoms with E-state index in [0.29, 0.717) is 101 Å². The van der Waals surface area contributed by atoms with Gasteiger partial charge in [-0.05, 0) is 146 Å². The van der Waals surface area contributed by atoms with Crippen molar-refractivity contribution >= 4 is 53.5 Å². The van der Waals surface area contributed by atoms with E-state index in [9.17, 15) is 39.9 Å². The fraction of sp³-hybridized carbons (Fsp3) is 0.400. The van der Waals surface area contributed by atoms with Crippen LogP contribution in [0.15, 0.2) is 99.6 Å². The largest absolute Gasteiger partial charge is 0.504 e. The van der Waals surface area contributed by atoms with E-state index in [2.05, 4.69) is 17.8 Å². The van der Waals surface area contributed by atoms with Crippen molar-refractivity contribution in [2.45, 2.75) is 147 Å². The van der Waals surface area contributed by atoms with Crippen molar-refractivity contribution in [3.8, 4) is 75.9 Å². The molecule has 23 heteroatoms. The number of thioether (sulfide) groups is 1. The van der Waals surface area contributed by atoms with Crippen LogP contribution in [-0.4, -0.2) is 96.6 Å². The Kier molecular flexibility index (Phi) is 30.5. The maximum absolute atomic E-state index is 12.9. The predicted molar refractivity (Wildman–Crippen MR) is 360 cm³/mol. The second-order valence-corrected chi connectivity index (χ2v) is 27.6. The third-order valence-electron chi connectivity index (χ3n) is 14.8. The molecule has 0 aliphatic carbocycles. The number of hydrogen-bond acceptors (Lipinski definition) is 20. The standard InChI is InChI=1S/C25H30O6S2.C23H28O6S.C22H28O7S/c1-7-32-21(26)11-9-8-10-17(3)22-18(4)24(19(5)25(30-6)23(22)27)31-33(28,29)20-14-12-16(2)13-15-20;1-7-8-9-17(3)20-14-21(18(4)22(27-6)23(20)28-15-26-5)29-30(24,25)19-12-10-16(2)11-13-19;1-15-8-10-18(11-9-15)30(24,25)29-20-13-19(16(2)7-6-12-23)22(28-14-26-4)21(27-5)17(20)3/h12-15,17,27H,7-8,10H2,1-6H3;1,10-14,17H,8-9,15H2,2-6H3;8-13,16H,6-7,14H2,1-5H3. The monoisotopic (exact) mass is 1360 g/mol. The van der Waals surface area contributed by atoms with Crippen molar-refractivity contribution in [1.82, 2.24) is 0 Å². The van der Waals surface area contributed by atoms with Crippen LogP contribution in [0.4, 0.5) is 0 Å². The SMILES string of the molecule is C#CCCC(C)c1cc(OS(=O)(=O)c2ccc(C)cc2)c(C)c(OC)c1OCOC.CCSC(=O)C#CCCC(C)c1c(C)c(OS(=O)(=O)c2ccc(C)cc2)c(C)c(OC)c1O.COCOc1c(C(C)CCC=O)cc(OS(=O)(=O)c2ccc(C)cc2)c(C)c1OC. The molecule has 0 saturated heterocycles. The summed E-state index contributed by atoms with van der Waals surface area (Å²) in [5, 5.41) is 10.7. The number of hydrogen-bond donors (Lipinski definition) is 1. The van der Waals surface area contributed by atoms with Crippen molar-refractivity contribution < 1.29 is 85.7 Å². The van der Waals surface area contributed by atoms with Gasteiger partial charge in [0.2, 0.25) is 0 Å². The number of aldehydes is 1. The van der Waals surface area contributed by atoms with E-state index >= 15 is 0 Å². The Morgan fingerprint density at radius 2 is 0.935 bits per heavy atom. The van der Waals surface area contributed by atoms with E-state index in [1.165, 1.54) is 71.9 Å². The van der Waals surface area contributed by atoms with Crippen molar-refractivity contribution in [1.29, 1.82) is 0 Å². The van der Waals surface area contributed by atoms with Gasteiger partial charge in [-0.2, -0.15) is 25.3 Å². The summed E-state index contributed by atoms with van der Waals surface area (Å²) in [4.78, 5) is 22.6. The minimum atomic E-state index is -4.09. The van der Waals surface area contributed by atoms with Gasteiger partial charge in [-0.15, -0.1) is 12.3 Å². The van der Waals surface area contributed by atoms with Gasteiger partial charge < -0.3 is 55.6 Å². The minimum Gasteiger partial charge on any atom is -0.504 e. The lowest BCUT2D eigenvalue weighted by molar-refractivity contribution is -0.108. The van der Waals surface area contributed by atoms with E-state index < -0.39 is 30.4 Å². The van der Waals surface area contributed by atoms with Crippen LogP contribution in [0.2, 0.25) is 0 Å². The third-order valence-corrected chi connectivity index (χ3v) is 19.1. The zero-order valence-electron chi connectivity index (χ0n) is 55.8. The Labute approximate surface area is 554 Å². The van der Waals surface area contributed by atoms with Gasteiger partial charge in [0, 0.05) is 72.4 Å². The normalized spacial score (nSPS) is 12.1. The molecule has 6 aromatic carbocycles. The van der Waals surface area contributed by atoms with E-state index in [1.54, 1.807) is 76.2 Å². The Balaban J connectivity index is 0.000000298. The molecule has 6 aromatic rings. The van der Waals surface area contributed by atoms with Crippen LogP contribution in [0.3, 0.4) is 0 Å². The summed E-state index contributed by atoms with van der Waals surface area (Å²) in [6, 6.07) is 22.6. The van der Waals surface area contributed by atoms with E-state index in [0.717, 1.165) is 40.3 Å². The summed E-state index contributed by atoms with van der Waals surface area (Å²) in [5.41, 5.74) is 6.65. The lowest BCUT2D eigenvalue weighted by atomic mass is 9.89. The average Bonchev–Trinajstić information content (AvgIpc) is 0.797. The topological polar surface area (TPSA) is 249 Å². The lowest BCUT2D eigenvalue weighted by Crippen LogP contribution is -2.13. The molecule has 0 spiro atoms. The highest BCUT2D eigenvalue weighted by molar-refractivity contribution is 8.14. The fourth-order valence-corrected chi connectivity index (χ4v) is 13.0. The maximum atomic E-state index is 12.9. The summed E-state index contributed by atoms with van der Waals surface area (Å²) >= 11 is 1.16. The van der Waals surface area contributed by atoms with E-state index in [1.807, 2.05) is 48.5 Å². The maximum Gasteiger partial charge on any atom is 0.339 e. The molecule has 504 valence electrons. The average molecular weight is 1360 g/mol. The Hall–Kier alpha value is -7.90. The number of carbonyl (C=O) groups is 2. The number of carbonyl (C=O) groups excluding carboxylic acids is 2. The van der Waals surface area contributed by atoms with Crippen molar-refractivity contribution in [3.63, 3.8) is 0 Å². The quantitative estimate of drug-likeness (QED) is 0.0198. The van der Waals surface area contributed by atoms with E-state index in [-0.39, 0.29) is 79.9 Å². The number of rotatable bonds is 29. The van der Waals surface area contributed by atoms with Gasteiger partial charge in [0.1, 0.15) is 32.5 Å². The van der Waals surface area contributed by atoms with Gasteiger partial charge in [-0.1, -0.05) is 98.5 Å². The van der Waals surface area contributed by atoms with Crippen molar-refractivity contribution in [2.75, 3.05) is 54.9 Å². The first-order valence-electron chi connectivity index (χ1n) is 29.7. The summed E-state index contributed by atoms with van der Waals surface area (Å²) in [6.07, 6.45) is 9.44. The highest BCUT2D eigenvalue weighted by Crippen LogP contribution is 2.49. The predicted octanol–water partition coefficient (Wildman–Crippen LogP) is 14.0. The highest BCUT2D eigenvalue weighted by atomic mass is 32.2. The number of phenols is 1. The first kappa shape index (κ1) is 77.5. The molecule has 0 aliphatic rings. The number of ether oxygens (including phenoxy) is 7. The van der Waals surface area contributed by atoms with Crippen LogP contribution < -0.4 is 36.2 Å². The molecule has 93 heavy (non-hydrogen) atoms. The number of methoxy groups -OCH3 is 5. The molecule has 0 amide bonds. The zero-order chi connectivity index (χ0) is 69.4. The Morgan fingerprint density at radius 1 is 0.538 bits per heavy atom. The van der Waals surface area contributed by atoms with Gasteiger partial charge >= 0.3 is 30.4 Å². The fourth-order valence-electron chi connectivity index (χ4n) is 9.62. The van der Waals surface area contributed by atoms with Crippen LogP contribution >= 0.6 is 11.8 Å². The zero-order valence-corrected chi connectivity index (χ0v) is 59.0. The lowest BCUT2D eigenvalue weighted by Gasteiger charge is -2.23. The molecule has 3 unspecified atom stereocenters. The Bertz CT molecular complexity index is 3960. The number of aromatic hydroxyl groups is 1. The molecule has 0 bridgehead atoms. The summed E-state index contributed by atoms with van der Waals surface area (Å²) in [6.45, 7) is 20.1. The first-order valence-corrected chi connectivity index (χ1v) is 34.9. The molecule has 19 nitrogen and oxygen atoms in total. The smallest absolute Gasteiger partial charge is 0.339 e. The van der Waals surface area contributed by atoms with Gasteiger partial charge in [0.05, 0.1) is 21.3 Å². The molecule has 3 atom stereocenters. The van der Waals surface area contributed by atoms with Crippen LogP contribution in [0.5, 0.6) is 51.7 Å². The molecular formula is C70H86O19S4. The van der Waals surface area contributed by atoms with Gasteiger partial charge in [0.15, 0.2) is 53.8 Å². The van der Waals surface area contributed by atoms with Crippen LogP contribution in [0.1, 0.15) is 140 Å². The number of aryl methyl sites for hydroxylation is 3. The number of terminal acetylenes is 1. The molecule has 0 aliphatic heterocycles. The van der Waals surface area contributed by atoms with Crippen molar-refractivity contribution in [2.24, 2.45) is 0 Å². The molecular weight excluding hydrogens is 1270 g/mol. The molecule has 0 fully saturated rings. The molecule has 0 heterocycles. The van der Waals surface area contributed by atoms with E-state index in [4.69, 9.17) is 52.1 Å². The first-order chi connectivity index (χ1) is 44.0. The molecule has 0 radical (unpaired) electrons. The summed E-state index contributed by atoms with van der Waals surface area (Å²) in [5.74, 6) is 10.7. The minimum absolute atomic E-state index is 0.00886. The summed E-state index contributed by atoms with van der Waals surface area (Å²) in [7, 11) is -4.76. The van der Waals surface area contributed by atoms with Crippen molar-refractivity contribution in [3.05, 3.63) is 141 Å². The van der Waals surface area contributed by atoms with Crippen LogP contribution in [0, 0.1) is 72.7 Å². The number of phenolic OH excluding ortho intramolecular Hbond substituents is 1. The van der Waals surface area contributed by atoms with Gasteiger partial charge in [-0.3, -0.25) is 4.79 Å². The van der Waals surface area contributed by atoms with Gasteiger partial charge in [0.25, 0.3) is 5.12 Å². The molecule has 0 saturated carbocycles. The molecule has 0 aromatic heterocycles. The molecule has 6 rings (SSSR count). The van der Waals surface area contributed by atoms with Crippen LogP contribution in [0.25, 0.3) is 0 Å². The second kappa shape index (κ2) is 36.5. The summed E-state index contributed by atoms with van der Waals surface area (Å²) < 4.78 is 132.